The highest BCUT2D eigenvalue weighted by molar-refractivity contribution is 6.26. The van der Waals surface area contributed by atoms with Gasteiger partial charge in [0.2, 0.25) is 5.75 Å². The van der Waals surface area contributed by atoms with Gasteiger partial charge in [-0.3, -0.25) is 0 Å². The Morgan fingerprint density at radius 3 is 2.11 bits per heavy atom. The molecule has 28 heavy (non-hydrogen) atoms. The molecule has 5 heteroatoms. The Morgan fingerprint density at radius 2 is 1.54 bits per heavy atom. The molecule has 0 unspecified atom stereocenters. The number of hydrogen-bond acceptors (Lipinski definition) is 5. The van der Waals surface area contributed by atoms with Crippen LogP contribution in [-0.2, 0) is 15.6 Å². The number of carbonyl (C=O) groups excluding carboxylic acids is 1. The SMILES string of the molecule is CC(C)(C)c1cc2c(c(C(C)(C)C)c1)OC(=O)/C2=C\c1ccc(O)c(O)c1O. The molecular weight excluding hydrogens is 356 g/mol. The zero-order valence-corrected chi connectivity index (χ0v) is 17.0. The third kappa shape index (κ3) is 3.33. The van der Waals surface area contributed by atoms with Crippen molar-refractivity contribution in [1.82, 2.24) is 0 Å². The van der Waals surface area contributed by atoms with Crippen LogP contribution < -0.4 is 4.74 Å². The third-order valence-corrected chi connectivity index (χ3v) is 4.93. The first-order chi connectivity index (χ1) is 12.8. The normalized spacial score (nSPS) is 15.6. The molecule has 0 spiro atoms. The molecule has 0 fully saturated rings. The number of fused-ring (bicyclic) bond motifs is 1. The Morgan fingerprint density at radius 1 is 0.893 bits per heavy atom. The van der Waals surface area contributed by atoms with Crippen molar-refractivity contribution in [2.75, 3.05) is 0 Å². The predicted molar refractivity (Wildman–Crippen MR) is 109 cm³/mol. The largest absolute Gasteiger partial charge is 0.504 e. The number of phenolic OH excluding ortho intramolecular Hbond substituents is 3. The van der Waals surface area contributed by atoms with Crippen LogP contribution in [0.3, 0.4) is 0 Å². The highest BCUT2D eigenvalue weighted by Gasteiger charge is 2.35. The zero-order chi connectivity index (χ0) is 21.0. The monoisotopic (exact) mass is 382 g/mol. The van der Waals surface area contributed by atoms with Gasteiger partial charge in [-0.15, -0.1) is 0 Å². The Balaban J connectivity index is 2.28. The Bertz CT molecular complexity index is 1000. The van der Waals surface area contributed by atoms with E-state index in [4.69, 9.17) is 4.74 Å². The number of esters is 1. The maximum Gasteiger partial charge on any atom is 0.344 e. The lowest BCUT2D eigenvalue weighted by atomic mass is 9.78. The van der Waals surface area contributed by atoms with E-state index >= 15 is 0 Å². The molecule has 0 aromatic heterocycles. The van der Waals surface area contributed by atoms with E-state index in [1.54, 1.807) is 0 Å². The molecule has 2 aromatic carbocycles. The van der Waals surface area contributed by atoms with E-state index in [2.05, 4.69) is 47.6 Å². The molecule has 0 atom stereocenters. The smallest absolute Gasteiger partial charge is 0.344 e. The van der Waals surface area contributed by atoms with Crippen molar-refractivity contribution >= 4 is 17.6 Å². The van der Waals surface area contributed by atoms with Crippen molar-refractivity contribution in [2.24, 2.45) is 0 Å². The molecule has 148 valence electrons. The van der Waals surface area contributed by atoms with Crippen LogP contribution in [-0.4, -0.2) is 21.3 Å². The maximum atomic E-state index is 12.7. The molecule has 0 aliphatic carbocycles. The van der Waals surface area contributed by atoms with E-state index in [0.717, 1.165) is 11.1 Å². The van der Waals surface area contributed by atoms with Gasteiger partial charge in [-0.05, 0) is 40.7 Å². The molecule has 0 bridgehead atoms. The summed E-state index contributed by atoms with van der Waals surface area (Å²) in [6.07, 6.45) is 1.47. The molecule has 3 rings (SSSR count). The molecule has 2 aromatic rings. The van der Waals surface area contributed by atoms with Crippen molar-refractivity contribution in [2.45, 2.75) is 52.4 Å². The first-order valence-electron chi connectivity index (χ1n) is 9.18. The number of hydrogen-bond donors (Lipinski definition) is 3. The molecule has 0 saturated heterocycles. The van der Waals surface area contributed by atoms with Crippen LogP contribution >= 0.6 is 0 Å². The van der Waals surface area contributed by atoms with Gasteiger partial charge in [0.15, 0.2) is 11.5 Å². The highest BCUT2D eigenvalue weighted by Crippen LogP contribution is 2.46. The quantitative estimate of drug-likeness (QED) is 0.284. The van der Waals surface area contributed by atoms with Crippen LogP contribution in [0.4, 0.5) is 0 Å². The molecule has 1 aliphatic rings. The van der Waals surface area contributed by atoms with Gasteiger partial charge in [-0.25, -0.2) is 4.79 Å². The second-order valence-corrected chi connectivity index (χ2v) is 9.22. The summed E-state index contributed by atoms with van der Waals surface area (Å²) in [7, 11) is 0. The van der Waals surface area contributed by atoms with Gasteiger partial charge in [0.05, 0.1) is 5.57 Å². The molecule has 0 amide bonds. The number of aromatic hydroxyl groups is 3. The standard InChI is InChI=1S/C23H26O5/c1-22(2,3)13-10-14-15(9-12-7-8-17(24)19(26)18(12)25)21(27)28-20(14)16(11-13)23(4,5)6/h7-11,24-26H,1-6H3/b15-9-. The zero-order valence-electron chi connectivity index (χ0n) is 17.0. The van der Waals surface area contributed by atoms with Crippen LogP contribution in [0.1, 0.15) is 63.8 Å². The van der Waals surface area contributed by atoms with E-state index < -0.39 is 23.2 Å². The van der Waals surface area contributed by atoms with Gasteiger partial charge < -0.3 is 20.1 Å². The number of carbonyl (C=O) groups is 1. The summed E-state index contributed by atoms with van der Waals surface area (Å²) in [6.45, 7) is 12.5. The molecule has 1 aliphatic heterocycles. The molecule has 0 saturated carbocycles. The highest BCUT2D eigenvalue weighted by atomic mass is 16.5. The third-order valence-electron chi connectivity index (χ3n) is 4.93. The van der Waals surface area contributed by atoms with E-state index in [0.29, 0.717) is 16.9 Å². The predicted octanol–water partition coefficient (Wildman–Crippen LogP) is 4.86. The summed E-state index contributed by atoms with van der Waals surface area (Å²) in [4.78, 5) is 12.7. The summed E-state index contributed by atoms with van der Waals surface area (Å²) >= 11 is 0. The van der Waals surface area contributed by atoms with E-state index in [1.807, 2.05) is 6.07 Å². The van der Waals surface area contributed by atoms with E-state index in [1.165, 1.54) is 18.2 Å². The average molecular weight is 382 g/mol. The minimum atomic E-state index is -0.625. The lowest BCUT2D eigenvalue weighted by molar-refractivity contribution is -0.127. The van der Waals surface area contributed by atoms with Crippen LogP contribution in [0.5, 0.6) is 23.0 Å². The van der Waals surface area contributed by atoms with Crippen molar-refractivity contribution in [3.8, 4) is 23.0 Å². The van der Waals surface area contributed by atoms with Crippen LogP contribution in [0.15, 0.2) is 24.3 Å². The summed E-state index contributed by atoms with van der Waals surface area (Å²) < 4.78 is 5.61. The number of ether oxygens (including phenoxy) is 1. The number of phenols is 3. The topological polar surface area (TPSA) is 87.0 Å². The number of benzene rings is 2. The van der Waals surface area contributed by atoms with E-state index in [-0.39, 0.29) is 16.4 Å². The minimum Gasteiger partial charge on any atom is -0.504 e. The molecular formula is C23H26O5. The van der Waals surface area contributed by atoms with Gasteiger partial charge in [0.1, 0.15) is 5.75 Å². The summed E-state index contributed by atoms with van der Waals surface area (Å²) in [5.41, 5.74) is 2.81. The van der Waals surface area contributed by atoms with Gasteiger partial charge >= 0.3 is 5.97 Å². The summed E-state index contributed by atoms with van der Waals surface area (Å²) in [6, 6.07) is 6.72. The number of rotatable bonds is 1. The molecule has 0 radical (unpaired) electrons. The fraction of sp³-hybridized carbons (Fsp3) is 0.348. The Hall–Kier alpha value is -2.95. The van der Waals surface area contributed by atoms with Crippen molar-refractivity contribution < 1.29 is 24.9 Å². The van der Waals surface area contributed by atoms with Crippen molar-refractivity contribution in [3.05, 3.63) is 46.5 Å². The van der Waals surface area contributed by atoms with Gasteiger partial charge in [-0.2, -0.15) is 0 Å². The Kier molecular flexibility index (Phi) is 4.45. The summed E-state index contributed by atoms with van der Waals surface area (Å²) in [5.74, 6) is -1.53. The second kappa shape index (κ2) is 6.30. The van der Waals surface area contributed by atoms with Crippen molar-refractivity contribution in [3.63, 3.8) is 0 Å². The Labute approximate surface area is 164 Å². The maximum absolute atomic E-state index is 12.7. The van der Waals surface area contributed by atoms with Gasteiger partial charge in [0.25, 0.3) is 0 Å². The fourth-order valence-corrected chi connectivity index (χ4v) is 3.18. The van der Waals surface area contributed by atoms with Gasteiger partial charge in [-0.1, -0.05) is 47.6 Å². The van der Waals surface area contributed by atoms with Gasteiger partial charge in [0, 0.05) is 16.7 Å². The molecule has 5 nitrogen and oxygen atoms in total. The molecule has 1 heterocycles. The first kappa shape index (κ1) is 19.8. The minimum absolute atomic E-state index is 0.134. The lowest BCUT2D eigenvalue weighted by Crippen LogP contribution is -2.17. The summed E-state index contributed by atoms with van der Waals surface area (Å²) in [5, 5.41) is 29.4. The van der Waals surface area contributed by atoms with Crippen LogP contribution in [0, 0.1) is 0 Å². The van der Waals surface area contributed by atoms with Crippen LogP contribution in [0.2, 0.25) is 0 Å². The second-order valence-electron chi connectivity index (χ2n) is 9.22. The average Bonchev–Trinajstić information content (AvgIpc) is 2.88. The fourth-order valence-electron chi connectivity index (χ4n) is 3.18. The first-order valence-corrected chi connectivity index (χ1v) is 9.18. The van der Waals surface area contributed by atoms with Crippen molar-refractivity contribution in [1.29, 1.82) is 0 Å². The van der Waals surface area contributed by atoms with E-state index in [9.17, 15) is 20.1 Å². The molecule has 3 N–H and O–H groups in total. The lowest BCUT2D eigenvalue weighted by Gasteiger charge is -2.26. The van der Waals surface area contributed by atoms with Crippen LogP contribution in [0.25, 0.3) is 11.6 Å².